The van der Waals surface area contributed by atoms with Crippen LogP contribution in [-0.4, -0.2) is 37.9 Å². The first-order valence-electron chi connectivity index (χ1n) is 7.64. The van der Waals surface area contributed by atoms with E-state index in [1.807, 2.05) is 6.07 Å². The molecule has 3 atom stereocenters. The molecule has 0 bridgehead atoms. The second-order valence-electron chi connectivity index (χ2n) is 6.00. The van der Waals surface area contributed by atoms with Crippen LogP contribution in [-0.2, 0) is 17.8 Å². The number of hydrogen-bond donors (Lipinski definition) is 2. The summed E-state index contributed by atoms with van der Waals surface area (Å²) >= 11 is 5.85. The minimum Gasteiger partial charge on any atom is -0.391 e. The summed E-state index contributed by atoms with van der Waals surface area (Å²) in [6.45, 7) is 0.693. The summed E-state index contributed by atoms with van der Waals surface area (Å²) in [5, 5.41) is 17.9. The zero-order valence-corrected chi connectivity index (χ0v) is 13.4. The molecule has 1 saturated carbocycles. The zero-order chi connectivity index (χ0) is 16.2. The molecule has 0 spiro atoms. The van der Waals surface area contributed by atoms with Gasteiger partial charge in [0.05, 0.1) is 29.8 Å². The Morgan fingerprint density at radius 2 is 2.30 bits per heavy atom. The van der Waals surface area contributed by atoms with Crippen LogP contribution in [0.5, 0.6) is 0 Å². The number of aromatic nitrogens is 3. The Morgan fingerprint density at radius 3 is 3.00 bits per heavy atom. The highest BCUT2D eigenvalue weighted by molar-refractivity contribution is 6.30. The molecule has 2 heterocycles. The molecule has 1 fully saturated rings. The van der Waals surface area contributed by atoms with Crippen LogP contribution in [0.4, 0.5) is 0 Å². The molecule has 1 aliphatic rings. The van der Waals surface area contributed by atoms with E-state index in [0.717, 1.165) is 12.0 Å². The van der Waals surface area contributed by atoms with Crippen LogP contribution in [0.15, 0.2) is 36.9 Å². The third-order valence-electron chi connectivity index (χ3n) is 4.11. The van der Waals surface area contributed by atoms with Crippen LogP contribution in [0.3, 0.4) is 0 Å². The first-order chi connectivity index (χ1) is 11.1. The highest BCUT2D eigenvalue weighted by Gasteiger charge is 2.34. The van der Waals surface area contributed by atoms with Gasteiger partial charge in [0, 0.05) is 25.1 Å². The van der Waals surface area contributed by atoms with Gasteiger partial charge in [-0.15, -0.1) is 0 Å². The number of amides is 1. The van der Waals surface area contributed by atoms with Gasteiger partial charge >= 0.3 is 0 Å². The van der Waals surface area contributed by atoms with Gasteiger partial charge in [-0.3, -0.25) is 14.5 Å². The van der Waals surface area contributed by atoms with Gasteiger partial charge in [-0.25, -0.2) is 0 Å². The van der Waals surface area contributed by atoms with Crippen LogP contribution in [0.2, 0.25) is 5.02 Å². The number of nitrogens with zero attached hydrogens (tertiary/aromatic N) is 3. The van der Waals surface area contributed by atoms with Crippen molar-refractivity contribution in [2.24, 2.45) is 5.92 Å². The minimum atomic E-state index is -0.524. The van der Waals surface area contributed by atoms with Gasteiger partial charge in [0.15, 0.2) is 0 Å². The van der Waals surface area contributed by atoms with Crippen LogP contribution in [0.1, 0.15) is 18.4 Å². The molecule has 3 rings (SSSR count). The molecular formula is C16H19ClN4O2. The highest BCUT2D eigenvalue weighted by Crippen LogP contribution is 2.27. The molecule has 6 nitrogen and oxygen atoms in total. The lowest BCUT2D eigenvalue weighted by Crippen LogP contribution is -2.40. The summed E-state index contributed by atoms with van der Waals surface area (Å²) in [4.78, 5) is 16.1. The van der Waals surface area contributed by atoms with Crippen molar-refractivity contribution in [1.82, 2.24) is 20.1 Å². The first kappa shape index (κ1) is 16.0. The maximum Gasteiger partial charge on any atom is 0.224 e. The third kappa shape index (κ3) is 4.30. The van der Waals surface area contributed by atoms with Crippen molar-refractivity contribution < 1.29 is 9.90 Å². The zero-order valence-electron chi connectivity index (χ0n) is 12.6. The van der Waals surface area contributed by atoms with E-state index in [0.29, 0.717) is 18.0 Å². The quantitative estimate of drug-likeness (QED) is 0.867. The van der Waals surface area contributed by atoms with Gasteiger partial charge in [0.2, 0.25) is 5.91 Å². The lowest BCUT2D eigenvalue weighted by atomic mass is 10.1. The Morgan fingerprint density at radius 1 is 1.43 bits per heavy atom. The van der Waals surface area contributed by atoms with Crippen LogP contribution < -0.4 is 5.32 Å². The number of carbonyl (C=O) groups is 1. The van der Waals surface area contributed by atoms with Crippen molar-refractivity contribution in [1.29, 1.82) is 0 Å². The van der Waals surface area contributed by atoms with Crippen molar-refractivity contribution in [3.05, 3.63) is 47.5 Å². The smallest absolute Gasteiger partial charge is 0.224 e. The predicted molar refractivity (Wildman–Crippen MR) is 85.8 cm³/mol. The number of aliphatic hydroxyl groups excluding tert-OH is 1. The lowest BCUT2D eigenvalue weighted by Gasteiger charge is -2.16. The van der Waals surface area contributed by atoms with Crippen molar-refractivity contribution in [2.45, 2.75) is 38.0 Å². The molecule has 7 heteroatoms. The number of hydrogen-bond acceptors (Lipinski definition) is 4. The molecule has 2 aromatic heterocycles. The van der Waals surface area contributed by atoms with Crippen molar-refractivity contribution in [3.8, 4) is 0 Å². The van der Waals surface area contributed by atoms with E-state index in [1.165, 1.54) is 0 Å². The Kier molecular flexibility index (Phi) is 4.93. The predicted octanol–water partition coefficient (Wildman–Crippen LogP) is 1.43. The maximum absolute atomic E-state index is 12.1. The van der Waals surface area contributed by atoms with E-state index in [9.17, 15) is 9.90 Å². The van der Waals surface area contributed by atoms with E-state index in [2.05, 4.69) is 15.4 Å². The minimum absolute atomic E-state index is 0.0927. The van der Waals surface area contributed by atoms with Gasteiger partial charge < -0.3 is 10.4 Å². The number of rotatable bonds is 5. The van der Waals surface area contributed by atoms with Crippen molar-refractivity contribution in [2.75, 3.05) is 0 Å². The average Bonchev–Trinajstić information content (AvgIpc) is 3.06. The Balaban J connectivity index is 1.51. The van der Waals surface area contributed by atoms with Crippen LogP contribution >= 0.6 is 11.6 Å². The normalized spacial score (nSPS) is 23.8. The first-order valence-corrected chi connectivity index (χ1v) is 8.02. The molecule has 0 saturated heterocycles. The summed E-state index contributed by atoms with van der Waals surface area (Å²) in [5.74, 6) is 0.175. The number of carbonyl (C=O) groups excluding carboxylic acids is 1. The summed E-state index contributed by atoms with van der Waals surface area (Å²) in [5.41, 5.74) is 0.861. The van der Waals surface area contributed by atoms with E-state index < -0.39 is 6.10 Å². The summed E-state index contributed by atoms with van der Waals surface area (Å²) in [6, 6.07) is 3.45. The van der Waals surface area contributed by atoms with Crippen molar-refractivity contribution >= 4 is 17.5 Å². The second-order valence-corrected chi connectivity index (χ2v) is 6.43. The van der Waals surface area contributed by atoms with Gasteiger partial charge in [0.1, 0.15) is 0 Å². The van der Waals surface area contributed by atoms with E-state index >= 15 is 0 Å². The molecule has 0 radical (unpaired) electrons. The number of pyridine rings is 1. The summed E-state index contributed by atoms with van der Waals surface area (Å²) in [6.07, 6.45) is 7.85. The fourth-order valence-electron chi connectivity index (χ4n) is 3.07. The third-order valence-corrected chi connectivity index (χ3v) is 4.30. The van der Waals surface area contributed by atoms with Gasteiger partial charge in [-0.05, 0) is 30.4 Å². The Bertz CT molecular complexity index is 661. The lowest BCUT2D eigenvalue weighted by molar-refractivity contribution is -0.121. The maximum atomic E-state index is 12.1. The Labute approximate surface area is 139 Å². The van der Waals surface area contributed by atoms with Crippen LogP contribution in [0.25, 0.3) is 0 Å². The molecule has 122 valence electrons. The molecule has 2 aromatic rings. The SMILES string of the molecule is O=C(Cc1cccnc1)N[C@@H]1CC(Cn2cc(Cl)cn2)C[C@H]1O. The van der Waals surface area contributed by atoms with E-state index in [4.69, 9.17) is 11.6 Å². The van der Waals surface area contributed by atoms with E-state index in [1.54, 1.807) is 35.5 Å². The van der Waals surface area contributed by atoms with Gasteiger partial charge in [-0.2, -0.15) is 5.10 Å². The molecular weight excluding hydrogens is 316 g/mol. The topological polar surface area (TPSA) is 80.0 Å². The van der Waals surface area contributed by atoms with Gasteiger partial charge in [0.25, 0.3) is 0 Å². The molecule has 0 aromatic carbocycles. The average molecular weight is 335 g/mol. The standard InChI is InChI=1S/C16H19ClN4O2/c17-13-8-19-21(10-13)9-12-4-14(15(22)5-12)20-16(23)6-11-2-1-3-18-7-11/h1-3,7-8,10,12,14-15,22H,4-6,9H2,(H,20,23)/t12?,14-,15-/m1/s1. The number of nitrogens with one attached hydrogen (secondary N) is 1. The van der Waals surface area contributed by atoms with E-state index in [-0.39, 0.29) is 24.3 Å². The fraction of sp³-hybridized carbons (Fsp3) is 0.438. The Hall–Kier alpha value is -1.92. The highest BCUT2D eigenvalue weighted by atomic mass is 35.5. The fourth-order valence-corrected chi connectivity index (χ4v) is 3.23. The van der Waals surface area contributed by atoms with Crippen molar-refractivity contribution in [3.63, 3.8) is 0 Å². The molecule has 1 amide bonds. The molecule has 1 unspecified atom stereocenters. The monoisotopic (exact) mass is 334 g/mol. The summed E-state index contributed by atoms with van der Waals surface area (Å²) < 4.78 is 1.78. The molecule has 1 aliphatic carbocycles. The molecule has 2 N–H and O–H groups in total. The largest absolute Gasteiger partial charge is 0.391 e. The summed E-state index contributed by atoms with van der Waals surface area (Å²) in [7, 11) is 0. The molecule has 0 aliphatic heterocycles. The molecule has 23 heavy (non-hydrogen) atoms. The number of aliphatic hydroxyl groups is 1. The second kappa shape index (κ2) is 7.10. The number of halogens is 1. The van der Waals surface area contributed by atoms with Crippen LogP contribution in [0, 0.1) is 5.92 Å². The van der Waals surface area contributed by atoms with Gasteiger partial charge in [-0.1, -0.05) is 17.7 Å².